The summed E-state index contributed by atoms with van der Waals surface area (Å²) < 4.78 is 20.7. The van der Waals surface area contributed by atoms with Crippen molar-refractivity contribution < 1.29 is 34.2 Å². The predicted molar refractivity (Wildman–Crippen MR) is 219 cm³/mol. The number of benzene rings is 3. The fraction of sp³-hybridized carbons (Fsp3) is 0.489. The van der Waals surface area contributed by atoms with Gasteiger partial charge in [-0.05, 0) is 85.8 Å². The number of hydrogen-bond donors (Lipinski definition) is 2. The number of allylic oxidation sites excluding steroid dienone is 1. The van der Waals surface area contributed by atoms with Crippen LogP contribution < -0.4 is 9.47 Å². The largest absolute Gasteiger partial charge is 0.460 e. The highest BCUT2D eigenvalue weighted by Crippen LogP contribution is 2.63. The van der Waals surface area contributed by atoms with Gasteiger partial charge in [-0.2, -0.15) is 0 Å². The highest BCUT2D eigenvalue weighted by molar-refractivity contribution is 8.00. The molecule has 0 spiro atoms. The van der Waals surface area contributed by atoms with Crippen LogP contribution in [0.5, 0.6) is 17.2 Å². The summed E-state index contributed by atoms with van der Waals surface area (Å²) >= 11 is 1.97. The van der Waals surface area contributed by atoms with Crippen molar-refractivity contribution in [1.29, 1.82) is 0 Å². The number of nitro benzene ring substituents is 1. The van der Waals surface area contributed by atoms with Crippen LogP contribution in [-0.4, -0.2) is 57.0 Å². The number of oxime groups is 1. The molecule has 0 amide bonds. The van der Waals surface area contributed by atoms with Gasteiger partial charge in [0.05, 0.1) is 34.5 Å². The molecular weight excluding hydrogens is 729 g/mol. The molecule has 3 aliphatic carbocycles. The van der Waals surface area contributed by atoms with Crippen molar-refractivity contribution in [3.63, 3.8) is 0 Å². The fourth-order valence-electron chi connectivity index (χ4n) is 9.32. The Kier molecular flexibility index (Phi) is 13.5. The highest BCUT2D eigenvalue weighted by Gasteiger charge is 2.64. The lowest BCUT2D eigenvalue weighted by molar-refractivity contribution is -0.384. The molecule has 0 saturated heterocycles. The van der Waals surface area contributed by atoms with Crippen molar-refractivity contribution in [2.45, 2.75) is 99.4 Å². The van der Waals surface area contributed by atoms with Crippen LogP contribution in [0, 0.1) is 27.9 Å². The van der Waals surface area contributed by atoms with E-state index in [1.165, 1.54) is 25.0 Å². The van der Waals surface area contributed by atoms with Gasteiger partial charge in [-0.1, -0.05) is 79.4 Å². The molecule has 7 rings (SSSR count). The number of aliphatic hydroxyl groups excluding tert-OH is 2. The summed E-state index contributed by atoms with van der Waals surface area (Å²) in [6.45, 7) is 4.98. The van der Waals surface area contributed by atoms with Gasteiger partial charge in [-0.15, -0.1) is 18.3 Å². The number of ether oxygens (including phenoxy) is 3. The maximum absolute atomic E-state index is 11.6. The van der Waals surface area contributed by atoms with Crippen LogP contribution in [0.1, 0.15) is 87.7 Å². The van der Waals surface area contributed by atoms with Crippen molar-refractivity contribution in [2.24, 2.45) is 22.9 Å². The first kappa shape index (κ1) is 40.1. The first-order valence-corrected chi connectivity index (χ1v) is 21.2. The summed E-state index contributed by atoms with van der Waals surface area (Å²) in [5.41, 5.74) is 4.00. The summed E-state index contributed by atoms with van der Waals surface area (Å²) in [6.07, 6.45) is 14.4. The van der Waals surface area contributed by atoms with Gasteiger partial charge in [0.25, 0.3) is 5.69 Å². The minimum absolute atomic E-state index is 0.0426. The van der Waals surface area contributed by atoms with E-state index in [0.717, 1.165) is 66.7 Å². The number of hydrogen-bond acceptors (Lipinski definition) is 10. The summed E-state index contributed by atoms with van der Waals surface area (Å²) in [5.74, 6) is 0.614. The number of rotatable bonds is 19. The van der Waals surface area contributed by atoms with Crippen molar-refractivity contribution in [1.82, 2.24) is 0 Å². The molecule has 1 heterocycles. The Labute approximate surface area is 334 Å². The normalized spacial score (nSPS) is 26.1. The lowest BCUT2D eigenvalue weighted by atomic mass is 9.56. The number of nitro groups is 1. The van der Waals surface area contributed by atoms with Crippen LogP contribution in [0.3, 0.4) is 0 Å². The number of nitrogens with zero attached hydrogens (tertiary/aromatic N) is 2. The van der Waals surface area contributed by atoms with Crippen molar-refractivity contribution >= 4 is 23.2 Å². The molecule has 2 N–H and O–H groups in total. The standard InChI is InChI=1S/C45H54N2O8S/c1-2-25-52-45-42(56-36-18-6-7-19-36)29-40(46-53-30-31-13-4-3-5-14-31)38-26-32(15-8-10-23-48)37(20-9-11-24-49)43(44(38)45)39-28-35(21-22-41(39)55-45)54-34-17-12-16-33(27-34)47(50)51/h2-5,12-14,16-17,21-22,26-28,32,36-37,42-44,48-49H,1,6-11,15,18-20,23-25,29-30H2. The molecule has 2 saturated carbocycles. The van der Waals surface area contributed by atoms with Crippen LogP contribution in [0.25, 0.3) is 0 Å². The second-order valence-corrected chi connectivity index (χ2v) is 16.9. The highest BCUT2D eigenvalue weighted by atomic mass is 32.2. The number of non-ortho nitro benzene ring substituents is 1. The summed E-state index contributed by atoms with van der Waals surface area (Å²) in [7, 11) is 0. The maximum atomic E-state index is 11.6. The lowest BCUT2D eigenvalue weighted by Gasteiger charge is -2.58. The van der Waals surface area contributed by atoms with Gasteiger partial charge >= 0.3 is 0 Å². The van der Waals surface area contributed by atoms with E-state index in [2.05, 4.69) is 12.7 Å². The van der Waals surface area contributed by atoms with Crippen LogP contribution in [-0.2, 0) is 16.2 Å². The third kappa shape index (κ3) is 8.86. The molecule has 298 valence electrons. The average Bonchev–Trinajstić information content (AvgIpc) is 3.73. The zero-order chi connectivity index (χ0) is 38.9. The molecule has 4 aliphatic rings. The Morgan fingerprint density at radius 1 is 0.964 bits per heavy atom. The van der Waals surface area contributed by atoms with Gasteiger partial charge in [0.15, 0.2) is 0 Å². The van der Waals surface area contributed by atoms with E-state index in [1.807, 2.05) is 60.3 Å². The molecule has 3 aromatic rings. The fourth-order valence-corrected chi connectivity index (χ4v) is 11.1. The summed E-state index contributed by atoms with van der Waals surface area (Å²) in [5, 5.41) is 36.7. The molecule has 6 atom stereocenters. The Hall–Kier alpha value is -4.16. The first-order chi connectivity index (χ1) is 27.4. The third-order valence-electron chi connectivity index (χ3n) is 11.8. The minimum atomic E-state index is -1.03. The molecular formula is C45H54N2O8S. The second-order valence-electron chi connectivity index (χ2n) is 15.4. The summed E-state index contributed by atoms with van der Waals surface area (Å²) in [6, 6.07) is 22.2. The first-order valence-electron chi connectivity index (χ1n) is 20.3. The number of thioether (sulfide) groups is 1. The molecule has 10 nitrogen and oxygen atoms in total. The lowest BCUT2D eigenvalue weighted by Crippen LogP contribution is -2.64. The van der Waals surface area contributed by atoms with Crippen LogP contribution >= 0.6 is 11.8 Å². The van der Waals surface area contributed by atoms with Crippen LogP contribution in [0.4, 0.5) is 5.69 Å². The minimum Gasteiger partial charge on any atom is -0.460 e. The monoisotopic (exact) mass is 782 g/mol. The molecule has 11 heteroatoms. The van der Waals surface area contributed by atoms with Gasteiger partial charge in [0.1, 0.15) is 23.9 Å². The number of aliphatic hydroxyl groups is 2. The van der Waals surface area contributed by atoms with Crippen LogP contribution in [0.15, 0.2) is 102 Å². The zero-order valence-corrected chi connectivity index (χ0v) is 32.8. The van der Waals surface area contributed by atoms with E-state index < -0.39 is 10.7 Å². The third-order valence-corrected chi connectivity index (χ3v) is 13.5. The van der Waals surface area contributed by atoms with Crippen molar-refractivity contribution in [3.05, 3.63) is 118 Å². The molecule has 1 aliphatic heterocycles. The average molecular weight is 783 g/mol. The Morgan fingerprint density at radius 2 is 1.73 bits per heavy atom. The Bertz CT molecular complexity index is 1860. The van der Waals surface area contributed by atoms with Gasteiger partial charge in [-0.3, -0.25) is 10.1 Å². The number of unbranched alkanes of at least 4 members (excludes halogenated alkanes) is 2. The molecule has 6 unspecified atom stereocenters. The van der Waals surface area contributed by atoms with Gasteiger partial charge in [0, 0.05) is 42.4 Å². The smallest absolute Gasteiger partial charge is 0.273 e. The molecule has 3 aromatic carbocycles. The summed E-state index contributed by atoms with van der Waals surface area (Å²) in [4.78, 5) is 17.4. The predicted octanol–water partition coefficient (Wildman–Crippen LogP) is 9.90. The van der Waals surface area contributed by atoms with Gasteiger partial charge in [-0.25, -0.2) is 0 Å². The molecule has 0 radical (unpaired) electrons. The number of fused-ring (bicyclic) bond motifs is 2. The Morgan fingerprint density at radius 3 is 2.48 bits per heavy atom. The topological polar surface area (TPSA) is 133 Å². The van der Waals surface area contributed by atoms with E-state index >= 15 is 0 Å². The molecule has 56 heavy (non-hydrogen) atoms. The maximum Gasteiger partial charge on any atom is 0.273 e. The van der Waals surface area contributed by atoms with E-state index in [1.54, 1.807) is 18.2 Å². The van der Waals surface area contributed by atoms with E-state index in [9.17, 15) is 20.3 Å². The van der Waals surface area contributed by atoms with Crippen molar-refractivity contribution in [3.8, 4) is 17.2 Å². The van der Waals surface area contributed by atoms with Gasteiger partial charge in [0.2, 0.25) is 5.79 Å². The van der Waals surface area contributed by atoms with E-state index in [4.69, 9.17) is 24.2 Å². The molecule has 0 aromatic heterocycles. The van der Waals surface area contributed by atoms with Crippen LogP contribution in [0.2, 0.25) is 0 Å². The van der Waals surface area contributed by atoms with Crippen molar-refractivity contribution in [2.75, 3.05) is 19.8 Å². The quantitative estimate of drug-likeness (QED) is 0.0528. The van der Waals surface area contributed by atoms with E-state index in [0.29, 0.717) is 49.2 Å². The van der Waals surface area contributed by atoms with E-state index in [-0.39, 0.29) is 47.8 Å². The molecule has 2 fully saturated rings. The zero-order valence-electron chi connectivity index (χ0n) is 32.0. The second kappa shape index (κ2) is 18.9. The van der Waals surface area contributed by atoms with Gasteiger partial charge < -0.3 is 29.3 Å². The molecule has 0 bridgehead atoms. The Balaban J connectivity index is 1.38. The SMILES string of the molecule is C=CCOC12Oc3ccc(Oc4cccc([N+](=O)[O-])c4)cc3C3C(CCCCO)C(CCCCO)C=C(C(=NOCc4ccccc4)CC1SC1CCCC1)C32.